The lowest BCUT2D eigenvalue weighted by molar-refractivity contribution is 0.0656. The molecule has 2 aromatic rings. The van der Waals surface area contributed by atoms with E-state index in [1.54, 1.807) is 0 Å². The summed E-state index contributed by atoms with van der Waals surface area (Å²) >= 11 is 0. The fourth-order valence-corrected chi connectivity index (χ4v) is 3.84. The minimum absolute atomic E-state index is 0.166. The Morgan fingerprint density at radius 2 is 2.19 bits per heavy atom. The summed E-state index contributed by atoms with van der Waals surface area (Å²) in [6.07, 6.45) is 7.24. The molecule has 1 aliphatic rings. The molecule has 1 fully saturated rings. The molecule has 0 aliphatic carbocycles. The molecule has 0 radical (unpaired) electrons. The topological polar surface area (TPSA) is 83.9 Å². The van der Waals surface area contributed by atoms with Gasteiger partial charge in [-0.05, 0) is 57.1 Å². The second kappa shape index (κ2) is 8.50. The summed E-state index contributed by atoms with van der Waals surface area (Å²) in [7, 11) is 0. The van der Waals surface area contributed by atoms with Crippen LogP contribution in [0.5, 0.6) is 0 Å². The van der Waals surface area contributed by atoms with Gasteiger partial charge in [-0.15, -0.1) is 5.10 Å². The first kappa shape index (κ1) is 19.3. The number of carbonyl (C=O) groups excluding carboxylic acids is 1. The Balaban J connectivity index is 1.66. The number of likely N-dealkylation sites (tertiary alicyclic amines) is 1. The van der Waals surface area contributed by atoms with Crippen LogP contribution in [0.2, 0.25) is 0 Å². The molecule has 1 unspecified atom stereocenters. The van der Waals surface area contributed by atoms with Gasteiger partial charge in [0.05, 0.1) is 5.69 Å². The first-order chi connectivity index (χ1) is 13.0. The van der Waals surface area contributed by atoms with E-state index in [-0.39, 0.29) is 17.0 Å². The number of nitrogens with zero attached hydrogens (tertiary/aromatic N) is 4. The van der Waals surface area contributed by atoms with E-state index in [1.807, 2.05) is 35.7 Å². The second-order valence-corrected chi connectivity index (χ2v) is 7.63. The maximum Gasteiger partial charge on any atom is 0.261 e. The summed E-state index contributed by atoms with van der Waals surface area (Å²) in [5.74, 6) is 0.161. The van der Waals surface area contributed by atoms with Crippen LogP contribution in [0.1, 0.15) is 59.9 Å². The van der Waals surface area contributed by atoms with Gasteiger partial charge in [-0.2, -0.15) is 0 Å². The van der Waals surface area contributed by atoms with Gasteiger partial charge in [0, 0.05) is 31.5 Å². The number of rotatable bonds is 6. The molecule has 146 valence electrons. The highest BCUT2D eigenvalue weighted by molar-refractivity contribution is 5.95. The van der Waals surface area contributed by atoms with E-state index in [4.69, 9.17) is 0 Å². The van der Waals surface area contributed by atoms with E-state index >= 15 is 0 Å². The molecule has 0 saturated carbocycles. The Morgan fingerprint density at radius 1 is 1.37 bits per heavy atom. The number of piperidine rings is 1. The van der Waals surface area contributed by atoms with Gasteiger partial charge in [0.15, 0.2) is 0 Å². The Kier molecular flexibility index (Phi) is 6.08. The zero-order valence-corrected chi connectivity index (χ0v) is 16.5. The highest BCUT2D eigenvalue weighted by Gasteiger charge is 2.27. The van der Waals surface area contributed by atoms with Crippen molar-refractivity contribution in [2.75, 3.05) is 13.1 Å². The molecule has 3 rings (SSSR count). The van der Waals surface area contributed by atoms with Crippen LogP contribution in [0.15, 0.2) is 17.1 Å². The van der Waals surface area contributed by atoms with E-state index in [0.29, 0.717) is 19.0 Å². The number of carbonyl (C=O) groups is 1. The zero-order valence-electron chi connectivity index (χ0n) is 16.5. The number of hydrogen-bond donors (Lipinski definition) is 1. The molecule has 27 heavy (non-hydrogen) atoms. The van der Waals surface area contributed by atoms with Crippen LogP contribution in [-0.2, 0) is 13.0 Å². The van der Waals surface area contributed by atoms with Gasteiger partial charge in [-0.25, -0.2) is 0 Å². The van der Waals surface area contributed by atoms with Crippen LogP contribution in [0.25, 0.3) is 0 Å². The summed E-state index contributed by atoms with van der Waals surface area (Å²) in [6, 6.07) is 1.85. The lowest BCUT2D eigenvalue weighted by atomic mass is 9.97. The SMILES string of the molecule is CCCCc1cn(CC2CCCN(C(=O)c3c(C)cc(C)[nH]c3=O)C2)nn1. The number of hydrogen-bond acceptors (Lipinski definition) is 4. The fraction of sp³-hybridized carbons (Fsp3) is 0.600. The molecular weight excluding hydrogens is 342 g/mol. The Hall–Kier alpha value is -2.44. The van der Waals surface area contributed by atoms with E-state index < -0.39 is 0 Å². The molecule has 1 aliphatic heterocycles. The monoisotopic (exact) mass is 371 g/mol. The molecule has 2 aromatic heterocycles. The summed E-state index contributed by atoms with van der Waals surface area (Å²) in [6.45, 7) is 7.92. The third kappa shape index (κ3) is 4.64. The first-order valence-electron chi connectivity index (χ1n) is 9.86. The molecule has 1 amide bonds. The van der Waals surface area contributed by atoms with Crippen LogP contribution in [0.3, 0.4) is 0 Å². The Labute approximate surface area is 159 Å². The second-order valence-electron chi connectivity index (χ2n) is 7.63. The maximum atomic E-state index is 12.9. The summed E-state index contributed by atoms with van der Waals surface area (Å²) in [5.41, 5.74) is 2.51. The van der Waals surface area contributed by atoms with E-state index in [9.17, 15) is 9.59 Å². The van der Waals surface area contributed by atoms with Crippen molar-refractivity contribution >= 4 is 5.91 Å². The Bertz CT molecular complexity index is 854. The van der Waals surface area contributed by atoms with Gasteiger partial charge in [0.2, 0.25) is 0 Å². The van der Waals surface area contributed by atoms with Crippen molar-refractivity contribution in [1.82, 2.24) is 24.9 Å². The predicted molar refractivity (Wildman–Crippen MR) is 104 cm³/mol. The standard InChI is InChI=1S/C20H29N5O2/c1-4-5-8-17-13-25(23-22-17)12-16-7-6-9-24(11-16)20(27)18-14(2)10-15(3)21-19(18)26/h10,13,16H,4-9,11-12H2,1-3H3,(H,21,26). The molecule has 1 saturated heterocycles. The molecule has 0 aromatic carbocycles. The van der Waals surface area contributed by atoms with Gasteiger partial charge in [0.25, 0.3) is 11.5 Å². The van der Waals surface area contributed by atoms with Crippen molar-refractivity contribution in [3.05, 3.63) is 45.1 Å². The van der Waals surface area contributed by atoms with Crippen LogP contribution in [0.4, 0.5) is 0 Å². The van der Waals surface area contributed by atoms with Crippen LogP contribution in [-0.4, -0.2) is 43.9 Å². The number of aryl methyl sites for hydroxylation is 3. The lowest BCUT2D eigenvalue weighted by Gasteiger charge is -2.32. The Morgan fingerprint density at radius 3 is 2.93 bits per heavy atom. The number of amides is 1. The predicted octanol–water partition coefficient (Wildman–Crippen LogP) is 2.48. The van der Waals surface area contributed by atoms with Crippen molar-refractivity contribution in [3.63, 3.8) is 0 Å². The van der Waals surface area contributed by atoms with Crippen molar-refractivity contribution in [3.8, 4) is 0 Å². The average molecular weight is 371 g/mol. The molecule has 3 heterocycles. The summed E-state index contributed by atoms with van der Waals surface area (Å²) in [4.78, 5) is 29.8. The lowest BCUT2D eigenvalue weighted by Crippen LogP contribution is -2.43. The number of aromatic nitrogens is 4. The smallest absolute Gasteiger partial charge is 0.261 e. The summed E-state index contributed by atoms with van der Waals surface area (Å²) in [5, 5.41) is 8.48. The largest absolute Gasteiger partial charge is 0.338 e. The van der Waals surface area contributed by atoms with Crippen LogP contribution in [0, 0.1) is 19.8 Å². The molecule has 7 nitrogen and oxygen atoms in total. The molecule has 7 heteroatoms. The quantitative estimate of drug-likeness (QED) is 0.845. The van der Waals surface area contributed by atoms with Crippen molar-refractivity contribution in [2.24, 2.45) is 5.92 Å². The molecule has 0 spiro atoms. The normalized spacial score (nSPS) is 17.3. The minimum Gasteiger partial charge on any atom is -0.338 e. The third-order valence-electron chi connectivity index (χ3n) is 5.20. The van der Waals surface area contributed by atoms with Crippen molar-refractivity contribution in [2.45, 2.75) is 59.4 Å². The van der Waals surface area contributed by atoms with Crippen LogP contribution >= 0.6 is 0 Å². The molecular formula is C20H29N5O2. The maximum absolute atomic E-state index is 12.9. The molecule has 1 atom stereocenters. The minimum atomic E-state index is -0.295. The first-order valence-corrected chi connectivity index (χ1v) is 9.86. The number of nitrogens with one attached hydrogen (secondary N) is 1. The zero-order chi connectivity index (χ0) is 19.4. The molecule has 0 bridgehead atoms. The van der Waals surface area contributed by atoms with Gasteiger partial charge < -0.3 is 9.88 Å². The van der Waals surface area contributed by atoms with Gasteiger partial charge >= 0.3 is 0 Å². The highest BCUT2D eigenvalue weighted by Crippen LogP contribution is 2.20. The average Bonchev–Trinajstić information content (AvgIpc) is 3.06. The van der Waals surface area contributed by atoms with Gasteiger partial charge in [-0.3, -0.25) is 14.3 Å². The number of aromatic amines is 1. The van der Waals surface area contributed by atoms with E-state index in [2.05, 4.69) is 22.2 Å². The van der Waals surface area contributed by atoms with Crippen LogP contribution < -0.4 is 5.56 Å². The van der Waals surface area contributed by atoms with Gasteiger partial charge in [-0.1, -0.05) is 18.6 Å². The summed E-state index contributed by atoms with van der Waals surface area (Å²) < 4.78 is 1.90. The number of H-pyrrole nitrogens is 1. The number of pyridine rings is 1. The third-order valence-corrected chi connectivity index (χ3v) is 5.20. The van der Waals surface area contributed by atoms with E-state index in [0.717, 1.165) is 55.6 Å². The van der Waals surface area contributed by atoms with Crippen molar-refractivity contribution < 1.29 is 4.79 Å². The van der Waals surface area contributed by atoms with Gasteiger partial charge in [0.1, 0.15) is 5.56 Å². The van der Waals surface area contributed by atoms with Crippen molar-refractivity contribution in [1.29, 1.82) is 0 Å². The van der Waals surface area contributed by atoms with E-state index in [1.165, 1.54) is 0 Å². The highest BCUT2D eigenvalue weighted by atomic mass is 16.2. The fourth-order valence-electron chi connectivity index (χ4n) is 3.84. The molecule has 1 N–H and O–H groups in total. The number of unbranched alkanes of at least 4 members (excludes halogenated alkanes) is 1.